The van der Waals surface area contributed by atoms with Crippen LogP contribution in [0.4, 0.5) is 0 Å². The quantitative estimate of drug-likeness (QED) is 0.314. The first-order valence-corrected chi connectivity index (χ1v) is 2.22. The number of nitrogens with zero attached hydrogens (tertiary/aromatic N) is 1. The number of hydrogen-bond donors (Lipinski definition) is 2. The molecule has 0 aromatic rings. The van der Waals surface area contributed by atoms with Gasteiger partial charge in [-0.2, -0.15) is 0 Å². The van der Waals surface area contributed by atoms with Crippen LogP contribution in [0.2, 0.25) is 0 Å². The lowest BCUT2D eigenvalue weighted by Gasteiger charge is -2.26. The Morgan fingerprint density at radius 2 is 2.43 bits per heavy atom. The highest BCUT2D eigenvalue weighted by Gasteiger charge is 2.18. The summed E-state index contributed by atoms with van der Waals surface area (Å²) in [6, 6.07) is 0. The SMILES string of the molecule is [O-][N+]1(O)CCNC1. The summed E-state index contributed by atoms with van der Waals surface area (Å²) < 4.78 is 0. The second-order valence-electron chi connectivity index (χ2n) is 1.73. The molecule has 1 heterocycles. The summed E-state index contributed by atoms with van der Waals surface area (Å²) in [6.07, 6.45) is 0. The Balaban J connectivity index is 2.40. The van der Waals surface area contributed by atoms with E-state index in [2.05, 4.69) is 5.32 Å². The molecule has 1 atom stereocenters. The van der Waals surface area contributed by atoms with E-state index in [0.717, 1.165) is 0 Å². The molecule has 7 heavy (non-hydrogen) atoms. The standard InChI is InChI=1S/C3H8N2O2/c6-5(7)2-1-4-3-5/h4,6H,1-3H2. The maximum Gasteiger partial charge on any atom is 0.162 e. The largest absolute Gasteiger partial charge is 0.597 e. The van der Waals surface area contributed by atoms with Gasteiger partial charge in [0.15, 0.2) is 6.67 Å². The minimum absolute atomic E-state index is 0.139. The molecular weight excluding hydrogens is 96.0 g/mol. The zero-order valence-corrected chi connectivity index (χ0v) is 3.92. The van der Waals surface area contributed by atoms with Crippen LogP contribution in [0.3, 0.4) is 0 Å². The van der Waals surface area contributed by atoms with Crippen molar-refractivity contribution in [2.24, 2.45) is 0 Å². The number of quaternary nitrogens is 1. The van der Waals surface area contributed by atoms with E-state index >= 15 is 0 Å². The predicted molar refractivity (Wildman–Crippen MR) is 23.2 cm³/mol. The van der Waals surface area contributed by atoms with Crippen molar-refractivity contribution in [1.29, 1.82) is 0 Å². The molecule has 0 amide bonds. The Morgan fingerprint density at radius 3 is 2.57 bits per heavy atom. The normalized spacial score (nSPS) is 42.0. The molecule has 0 saturated carbocycles. The van der Waals surface area contributed by atoms with Gasteiger partial charge in [0.25, 0.3) is 0 Å². The van der Waals surface area contributed by atoms with Crippen molar-refractivity contribution in [1.82, 2.24) is 5.32 Å². The Kier molecular flexibility index (Phi) is 1.01. The minimum atomic E-state index is -1.11. The van der Waals surface area contributed by atoms with Gasteiger partial charge in [0.2, 0.25) is 0 Å². The van der Waals surface area contributed by atoms with Crippen LogP contribution in [0.15, 0.2) is 0 Å². The van der Waals surface area contributed by atoms with Crippen molar-refractivity contribution in [3.63, 3.8) is 0 Å². The summed E-state index contributed by atoms with van der Waals surface area (Å²) in [5, 5.41) is 21.6. The molecule has 1 unspecified atom stereocenters. The molecule has 0 radical (unpaired) electrons. The van der Waals surface area contributed by atoms with E-state index in [0.29, 0.717) is 6.54 Å². The van der Waals surface area contributed by atoms with Crippen molar-refractivity contribution in [3.8, 4) is 0 Å². The molecule has 0 aromatic carbocycles. The fraction of sp³-hybridized carbons (Fsp3) is 1.00. The van der Waals surface area contributed by atoms with Crippen LogP contribution in [0.5, 0.6) is 0 Å². The highest BCUT2D eigenvalue weighted by Crippen LogP contribution is 1.98. The number of hydrogen-bond acceptors (Lipinski definition) is 3. The lowest BCUT2D eigenvalue weighted by atomic mass is 10.7. The maximum absolute atomic E-state index is 10.3. The molecule has 4 heteroatoms. The first-order valence-electron chi connectivity index (χ1n) is 2.22. The lowest BCUT2D eigenvalue weighted by Crippen LogP contribution is -2.36. The molecule has 0 aliphatic carbocycles. The summed E-state index contributed by atoms with van der Waals surface area (Å²) in [6.45, 7) is 1.04. The average molecular weight is 104 g/mol. The van der Waals surface area contributed by atoms with Crippen LogP contribution in [-0.4, -0.2) is 29.8 Å². The monoisotopic (exact) mass is 104 g/mol. The van der Waals surface area contributed by atoms with Gasteiger partial charge >= 0.3 is 0 Å². The second kappa shape index (κ2) is 1.41. The molecular formula is C3H8N2O2. The highest BCUT2D eigenvalue weighted by atomic mass is 16.8. The van der Waals surface area contributed by atoms with E-state index in [1.165, 1.54) is 0 Å². The van der Waals surface area contributed by atoms with Crippen molar-refractivity contribution in [2.45, 2.75) is 0 Å². The average Bonchev–Trinajstić information content (AvgIpc) is 1.84. The van der Waals surface area contributed by atoms with E-state index in [1.807, 2.05) is 0 Å². The van der Waals surface area contributed by atoms with Gasteiger partial charge in [-0.25, -0.2) is 10.0 Å². The van der Waals surface area contributed by atoms with Gasteiger partial charge in [-0.3, -0.25) is 5.32 Å². The van der Waals surface area contributed by atoms with Gasteiger partial charge in [0.1, 0.15) is 6.54 Å². The third kappa shape index (κ3) is 1.10. The molecule has 1 rings (SSSR count). The minimum Gasteiger partial charge on any atom is -0.597 e. The van der Waals surface area contributed by atoms with Gasteiger partial charge < -0.3 is 5.21 Å². The van der Waals surface area contributed by atoms with Crippen molar-refractivity contribution >= 4 is 0 Å². The molecule has 42 valence electrons. The van der Waals surface area contributed by atoms with E-state index < -0.39 is 4.81 Å². The first kappa shape index (κ1) is 4.99. The molecule has 1 aliphatic heterocycles. The van der Waals surface area contributed by atoms with Crippen LogP contribution in [-0.2, 0) is 0 Å². The molecule has 1 fully saturated rings. The summed E-state index contributed by atoms with van der Waals surface area (Å²) in [4.78, 5) is -1.11. The lowest BCUT2D eigenvalue weighted by molar-refractivity contribution is -1.05. The van der Waals surface area contributed by atoms with Crippen molar-refractivity contribution < 1.29 is 10.0 Å². The molecule has 4 nitrogen and oxygen atoms in total. The van der Waals surface area contributed by atoms with Crippen LogP contribution in [0.1, 0.15) is 0 Å². The Morgan fingerprint density at radius 1 is 1.71 bits per heavy atom. The van der Waals surface area contributed by atoms with Gasteiger partial charge in [-0.1, -0.05) is 0 Å². The van der Waals surface area contributed by atoms with Crippen molar-refractivity contribution in [3.05, 3.63) is 5.21 Å². The third-order valence-corrected chi connectivity index (χ3v) is 0.997. The number of nitrogens with one attached hydrogen (secondary N) is 1. The van der Waals surface area contributed by atoms with Gasteiger partial charge in [0, 0.05) is 0 Å². The van der Waals surface area contributed by atoms with Gasteiger partial charge in [-0.05, 0) is 0 Å². The Labute approximate surface area is 41.5 Å². The summed E-state index contributed by atoms with van der Waals surface area (Å²) in [5.74, 6) is 0. The molecule has 1 aliphatic rings. The van der Waals surface area contributed by atoms with E-state index in [9.17, 15) is 5.21 Å². The molecule has 2 N–H and O–H groups in total. The maximum atomic E-state index is 10.3. The van der Waals surface area contributed by atoms with Crippen LogP contribution in [0.25, 0.3) is 0 Å². The molecule has 0 bridgehead atoms. The summed E-state index contributed by atoms with van der Waals surface area (Å²) in [5.41, 5.74) is 0. The smallest absolute Gasteiger partial charge is 0.162 e. The van der Waals surface area contributed by atoms with E-state index in [1.54, 1.807) is 0 Å². The highest BCUT2D eigenvalue weighted by molar-refractivity contribution is 4.46. The van der Waals surface area contributed by atoms with Crippen molar-refractivity contribution in [2.75, 3.05) is 19.8 Å². The van der Waals surface area contributed by atoms with Gasteiger partial charge in [-0.15, -0.1) is 0 Å². The summed E-state index contributed by atoms with van der Waals surface area (Å²) in [7, 11) is 0. The molecule has 0 spiro atoms. The Bertz CT molecular complexity index is 65.3. The number of hydroxylamine groups is 4. The third-order valence-electron chi connectivity index (χ3n) is 0.997. The van der Waals surface area contributed by atoms with Crippen LogP contribution in [0, 0.1) is 5.21 Å². The zero-order valence-electron chi connectivity index (χ0n) is 3.92. The predicted octanol–water partition coefficient (Wildman–Crippen LogP) is -0.749. The van der Waals surface area contributed by atoms with Gasteiger partial charge in [0.05, 0.1) is 6.54 Å². The number of rotatable bonds is 0. The molecule has 0 aromatic heterocycles. The molecule has 1 saturated heterocycles. The topological polar surface area (TPSA) is 55.3 Å². The van der Waals surface area contributed by atoms with E-state index in [-0.39, 0.29) is 13.2 Å². The van der Waals surface area contributed by atoms with Crippen LogP contribution >= 0.6 is 0 Å². The second-order valence-corrected chi connectivity index (χ2v) is 1.73. The van der Waals surface area contributed by atoms with Crippen LogP contribution < -0.4 is 5.32 Å². The fourth-order valence-corrected chi connectivity index (χ4v) is 0.587. The zero-order chi connectivity index (χ0) is 5.33. The fourth-order valence-electron chi connectivity index (χ4n) is 0.587. The first-order chi connectivity index (χ1) is 3.21. The Hall–Kier alpha value is -0.160. The summed E-state index contributed by atoms with van der Waals surface area (Å²) >= 11 is 0. The van der Waals surface area contributed by atoms with E-state index in [4.69, 9.17) is 5.21 Å².